The molecule has 1 aliphatic rings. The Morgan fingerprint density at radius 1 is 1.28 bits per heavy atom. The fourth-order valence-electron chi connectivity index (χ4n) is 3.28. The lowest BCUT2D eigenvalue weighted by molar-refractivity contribution is -0.127. The van der Waals surface area contributed by atoms with Crippen LogP contribution < -0.4 is 5.32 Å². The number of fused-ring (bicyclic) bond motifs is 1. The number of benzene rings is 1. The zero-order chi connectivity index (χ0) is 18.6. The van der Waals surface area contributed by atoms with Crippen LogP contribution in [0.2, 0.25) is 0 Å². The van der Waals surface area contributed by atoms with Crippen molar-refractivity contribution >= 4 is 11.8 Å². The molecule has 5 heteroatoms. The van der Waals surface area contributed by atoms with Gasteiger partial charge >= 0.3 is 0 Å². The zero-order valence-corrected chi connectivity index (χ0v) is 15.7. The van der Waals surface area contributed by atoms with Gasteiger partial charge in [0, 0.05) is 12.1 Å². The first-order chi connectivity index (χ1) is 11.9. The van der Waals surface area contributed by atoms with E-state index in [1.165, 1.54) is 0 Å². The van der Waals surface area contributed by atoms with Gasteiger partial charge < -0.3 is 15.3 Å². The van der Waals surface area contributed by atoms with E-state index in [-0.39, 0.29) is 36.3 Å². The van der Waals surface area contributed by atoms with Crippen LogP contribution in [0.1, 0.15) is 56.5 Å². The molecule has 0 radical (unpaired) electrons. The standard InChI is InChI=1S/C20H30N2O3/c1-5-14(4)17(12-23)21-19(24)18(10-13(2)3)22-11-15-8-6-7-9-16(15)20(22)25/h6-9,13-14,17-18,23H,5,10-12H2,1-4H3,(H,21,24). The van der Waals surface area contributed by atoms with Crippen molar-refractivity contribution in [3.63, 3.8) is 0 Å². The Morgan fingerprint density at radius 3 is 2.52 bits per heavy atom. The summed E-state index contributed by atoms with van der Waals surface area (Å²) in [5, 5.41) is 12.6. The molecule has 0 spiro atoms. The fraction of sp³-hybridized carbons (Fsp3) is 0.600. The average Bonchev–Trinajstić information content (AvgIpc) is 2.93. The van der Waals surface area contributed by atoms with E-state index in [0.717, 1.165) is 12.0 Å². The van der Waals surface area contributed by atoms with Gasteiger partial charge in [-0.1, -0.05) is 52.3 Å². The van der Waals surface area contributed by atoms with E-state index in [0.29, 0.717) is 18.5 Å². The lowest BCUT2D eigenvalue weighted by atomic mass is 9.97. The molecule has 1 aromatic rings. The average molecular weight is 346 g/mol. The number of nitrogens with one attached hydrogen (secondary N) is 1. The lowest BCUT2D eigenvalue weighted by Gasteiger charge is -2.31. The summed E-state index contributed by atoms with van der Waals surface area (Å²) in [6.07, 6.45) is 1.47. The highest BCUT2D eigenvalue weighted by Gasteiger charge is 2.37. The van der Waals surface area contributed by atoms with E-state index in [1.54, 1.807) is 4.90 Å². The smallest absolute Gasteiger partial charge is 0.255 e. The summed E-state index contributed by atoms with van der Waals surface area (Å²) in [4.78, 5) is 27.4. The Balaban J connectivity index is 2.19. The summed E-state index contributed by atoms with van der Waals surface area (Å²) in [6.45, 7) is 8.51. The molecule has 1 aromatic carbocycles. The van der Waals surface area contributed by atoms with E-state index in [9.17, 15) is 14.7 Å². The van der Waals surface area contributed by atoms with Crippen molar-refractivity contribution in [2.75, 3.05) is 6.61 Å². The molecule has 0 saturated heterocycles. The van der Waals surface area contributed by atoms with E-state index >= 15 is 0 Å². The van der Waals surface area contributed by atoms with Crippen LogP contribution in [0.4, 0.5) is 0 Å². The Labute approximate surface area is 150 Å². The molecule has 2 N–H and O–H groups in total. The number of hydrogen-bond donors (Lipinski definition) is 2. The van der Waals surface area contributed by atoms with Gasteiger partial charge in [-0.3, -0.25) is 9.59 Å². The highest BCUT2D eigenvalue weighted by atomic mass is 16.3. The topological polar surface area (TPSA) is 69.6 Å². The molecule has 2 amide bonds. The third kappa shape index (κ3) is 4.40. The third-order valence-corrected chi connectivity index (χ3v) is 5.08. The molecule has 0 aromatic heterocycles. The van der Waals surface area contributed by atoms with Gasteiger partial charge in [0.25, 0.3) is 5.91 Å². The molecule has 0 fully saturated rings. The van der Waals surface area contributed by atoms with E-state index in [4.69, 9.17) is 0 Å². The summed E-state index contributed by atoms with van der Waals surface area (Å²) < 4.78 is 0. The number of carbonyl (C=O) groups excluding carboxylic acids is 2. The summed E-state index contributed by atoms with van der Waals surface area (Å²) in [6, 6.07) is 6.72. The summed E-state index contributed by atoms with van der Waals surface area (Å²) in [5.74, 6) is 0.207. The Hall–Kier alpha value is -1.88. The second-order valence-electron chi connectivity index (χ2n) is 7.42. The minimum Gasteiger partial charge on any atom is -0.394 e. The van der Waals surface area contributed by atoms with Gasteiger partial charge in [-0.2, -0.15) is 0 Å². The molecule has 0 aliphatic carbocycles. The molecule has 25 heavy (non-hydrogen) atoms. The van der Waals surface area contributed by atoms with Crippen LogP contribution in [0.5, 0.6) is 0 Å². The zero-order valence-electron chi connectivity index (χ0n) is 15.7. The third-order valence-electron chi connectivity index (χ3n) is 5.08. The van der Waals surface area contributed by atoms with Crippen LogP contribution in [0.15, 0.2) is 24.3 Å². The Morgan fingerprint density at radius 2 is 1.96 bits per heavy atom. The van der Waals surface area contributed by atoms with Crippen LogP contribution >= 0.6 is 0 Å². The molecule has 1 heterocycles. The fourth-order valence-corrected chi connectivity index (χ4v) is 3.28. The van der Waals surface area contributed by atoms with Gasteiger partial charge in [-0.05, 0) is 29.9 Å². The normalized spacial score (nSPS) is 17.4. The predicted molar refractivity (Wildman–Crippen MR) is 98.0 cm³/mol. The summed E-state index contributed by atoms with van der Waals surface area (Å²) in [5.41, 5.74) is 1.65. The number of nitrogens with zero attached hydrogens (tertiary/aromatic N) is 1. The maximum absolute atomic E-state index is 12.9. The summed E-state index contributed by atoms with van der Waals surface area (Å²) in [7, 11) is 0. The van der Waals surface area contributed by atoms with Crippen molar-refractivity contribution in [3.05, 3.63) is 35.4 Å². The quantitative estimate of drug-likeness (QED) is 0.760. The maximum atomic E-state index is 12.9. The Bertz CT molecular complexity index is 615. The van der Waals surface area contributed by atoms with Crippen LogP contribution in [0.25, 0.3) is 0 Å². The molecular formula is C20H30N2O3. The second-order valence-corrected chi connectivity index (χ2v) is 7.42. The number of rotatable bonds is 8. The monoisotopic (exact) mass is 346 g/mol. The molecule has 5 nitrogen and oxygen atoms in total. The highest BCUT2D eigenvalue weighted by Crippen LogP contribution is 2.27. The number of carbonyl (C=O) groups is 2. The Kier molecular flexibility index (Phi) is 6.59. The van der Waals surface area contributed by atoms with Gasteiger partial charge in [0.2, 0.25) is 5.91 Å². The first-order valence-corrected chi connectivity index (χ1v) is 9.19. The largest absolute Gasteiger partial charge is 0.394 e. The van der Waals surface area contributed by atoms with Crippen molar-refractivity contribution in [1.29, 1.82) is 0 Å². The molecule has 0 saturated carbocycles. The summed E-state index contributed by atoms with van der Waals surface area (Å²) >= 11 is 0. The lowest BCUT2D eigenvalue weighted by Crippen LogP contribution is -2.52. The van der Waals surface area contributed by atoms with Crippen LogP contribution in [0.3, 0.4) is 0 Å². The van der Waals surface area contributed by atoms with E-state index < -0.39 is 6.04 Å². The second kappa shape index (κ2) is 8.48. The van der Waals surface area contributed by atoms with Gasteiger partial charge in [0.05, 0.1) is 12.6 Å². The highest BCUT2D eigenvalue weighted by molar-refractivity contribution is 6.01. The van der Waals surface area contributed by atoms with Crippen LogP contribution in [-0.4, -0.2) is 40.5 Å². The van der Waals surface area contributed by atoms with Crippen LogP contribution in [0, 0.1) is 11.8 Å². The molecular weight excluding hydrogens is 316 g/mol. The number of aliphatic hydroxyl groups is 1. The molecule has 1 aliphatic heterocycles. The molecule has 3 unspecified atom stereocenters. The maximum Gasteiger partial charge on any atom is 0.255 e. The van der Waals surface area contributed by atoms with Crippen molar-refractivity contribution in [2.45, 2.75) is 59.2 Å². The molecule has 2 rings (SSSR count). The van der Waals surface area contributed by atoms with Crippen molar-refractivity contribution < 1.29 is 14.7 Å². The van der Waals surface area contributed by atoms with Crippen molar-refractivity contribution in [2.24, 2.45) is 11.8 Å². The van der Waals surface area contributed by atoms with Crippen molar-refractivity contribution in [1.82, 2.24) is 10.2 Å². The van der Waals surface area contributed by atoms with Gasteiger partial charge in [-0.15, -0.1) is 0 Å². The van der Waals surface area contributed by atoms with E-state index in [1.807, 2.05) is 52.0 Å². The number of amides is 2. The molecule has 138 valence electrons. The minimum absolute atomic E-state index is 0.0829. The van der Waals surface area contributed by atoms with E-state index in [2.05, 4.69) is 5.32 Å². The molecule has 0 bridgehead atoms. The first-order valence-electron chi connectivity index (χ1n) is 9.19. The van der Waals surface area contributed by atoms with Gasteiger partial charge in [0.15, 0.2) is 0 Å². The predicted octanol–water partition coefficient (Wildman–Crippen LogP) is 2.58. The first kappa shape index (κ1) is 19.4. The van der Waals surface area contributed by atoms with Gasteiger partial charge in [0.1, 0.15) is 6.04 Å². The van der Waals surface area contributed by atoms with Crippen LogP contribution in [-0.2, 0) is 11.3 Å². The SMILES string of the molecule is CCC(C)C(CO)NC(=O)C(CC(C)C)N1Cc2ccccc2C1=O. The number of hydrogen-bond acceptors (Lipinski definition) is 3. The van der Waals surface area contributed by atoms with Gasteiger partial charge in [-0.25, -0.2) is 0 Å². The van der Waals surface area contributed by atoms with Crippen molar-refractivity contribution in [3.8, 4) is 0 Å². The minimum atomic E-state index is -0.516. The number of aliphatic hydroxyl groups excluding tert-OH is 1. The molecule has 3 atom stereocenters.